The van der Waals surface area contributed by atoms with Gasteiger partial charge in [-0.15, -0.1) is 0 Å². The fraction of sp³-hybridized carbons (Fsp3) is 1.00. The van der Waals surface area contributed by atoms with Crippen molar-refractivity contribution >= 4 is 0 Å². The molecule has 1 N–H and O–H groups in total. The van der Waals surface area contributed by atoms with Gasteiger partial charge in [-0.05, 0) is 55.8 Å². The molecule has 76 valence electrons. The summed E-state index contributed by atoms with van der Waals surface area (Å²) in [5, 5.41) is 10.0. The lowest BCUT2D eigenvalue weighted by molar-refractivity contribution is 0.0403. The van der Waals surface area contributed by atoms with Crippen LogP contribution in [0.15, 0.2) is 0 Å². The summed E-state index contributed by atoms with van der Waals surface area (Å²) in [6.45, 7) is 4.67. The molecule has 0 spiro atoms. The van der Waals surface area contributed by atoms with Crippen LogP contribution in [0.25, 0.3) is 0 Å². The van der Waals surface area contributed by atoms with E-state index in [0.717, 1.165) is 11.8 Å². The Morgan fingerprint density at radius 3 is 1.92 bits per heavy atom. The quantitative estimate of drug-likeness (QED) is 0.696. The molecule has 0 amide bonds. The van der Waals surface area contributed by atoms with E-state index >= 15 is 0 Å². The van der Waals surface area contributed by atoms with Crippen LogP contribution in [0.3, 0.4) is 0 Å². The minimum absolute atomic E-state index is 0.0326. The molecule has 0 aromatic carbocycles. The molecule has 1 nitrogen and oxygen atoms in total. The third-order valence-corrected chi connectivity index (χ3v) is 3.80. The van der Waals surface area contributed by atoms with E-state index in [2.05, 4.69) is 13.8 Å². The summed E-state index contributed by atoms with van der Waals surface area (Å²) in [5.74, 6) is 2.96. The Morgan fingerprint density at radius 1 is 0.923 bits per heavy atom. The Balaban J connectivity index is 1.89. The third kappa shape index (κ3) is 2.25. The van der Waals surface area contributed by atoms with Gasteiger partial charge in [0.05, 0.1) is 6.10 Å². The van der Waals surface area contributed by atoms with Crippen LogP contribution < -0.4 is 0 Å². The summed E-state index contributed by atoms with van der Waals surface area (Å²) < 4.78 is 0. The molecule has 2 fully saturated rings. The van der Waals surface area contributed by atoms with E-state index in [0.29, 0.717) is 11.8 Å². The third-order valence-electron chi connectivity index (χ3n) is 3.80. The van der Waals surface area contributed by atoms with Gasteiger partial charge in [0.1, 0.15) is 0 Å². The first-order chi connectivity index (χ1) is 6.16. The van der Waals surface area contributed by atoms with E-state index in [9.17, 15) is 5.11 Å². The van der Waals surface area contributed by atoms with Crippen LogP contribution >= 0.6 is 0 Å². The Bertz CT molecular complexity index is 164. The molecule has 2 saturated carbocycles. The van der Waals surface area contributed by atoms with Gasteiger partial charge in [-0.1, -0.05) is 13.8 Å². The molecule has 13 heavy (non-hydrogen) atoms. The van der Waals surface area contributed by atoms with Crippen molar-refractivity contribution in [3.63, 3.8) is 0 Å². The van der Waals surface area contributed by atoms with Gasteiger partial charge in [0, 0.05) is 0 Å². The van der Waals surface area contributed by atoms with Crippen molar-refractivity contribution < 1.29 is 5.11 Å². The maximum absolute atomic E-state index is 10.0. The number of aliphatic hydroxyl groups excluding tert-OH is 1. The van der Waals surface area contributed by atoms with Gasteiger partial charge < -0.3 is 5.11 Å². The van der Waals surface area contributed by atoms with E-state index in [1.54, 1.807) is 0 Å². The number of hydrogen-bond acceptors (Lipinski definition) is 1. The Labute approximate surface area is 81.5 Å². The molecule has 0 saturated heterocycles. The second-order valence-electron chi connectivity index (χ2n) is 5.51. The number of hydrogen-bond donors (Lipinski definition) is 1. The Hall–Kier alpha value is -0.0400. The molecule has 0 bridgehead atoms. The molecule has 0 aliphatic heterocycles. The normalized spacial score (nSPS) is 43.2. The molecule has 1 heteroatoms. The fourth-order valence-corrected chi connectivity index (χ4v) is 3.11. The minimum Gasteiger partial charge on any atom is -0.393 e. The van der Waals surface area contributed by atoms with E-state index in [-0.39, 0.29) is 6.10 Å². The van der Waals surface area contributed by atoms with Gasteiger partial charge in [0.15, 0.2) is 0 Å². The molecule has 0 aromatic heterocycles. The van der Waals surface area contributed by atoms with Crippen LogP contribution in [0.4, 0.5) is 0 Å². The highest BCUT2D eigenvalue weighted by molar-refractivity contribution is 4.88. The summed E-state index contributed by atoms with van der Waals surface area (Å²) in [7, 11) is 0. The molecule has 0 heterocycles. The molecular formula is C12H22O. The van der Waals surface area contributed by atoms with Crippen LogP contribution in [0.5, 0.6) is 0 Å². The zero-order valence-corrected chi connectivity index (χ0v) is 8.87. The second-order valence-corrected chi connectivity index (χ2v) is 5.51. The summed E-state index contributed by atoms with van der Waals surface area (Å²) in [6, 6.07) is 0. The van der Waals surface area contributed by atoms with Gasteiger partial charge in [-0.2, -0.15) is 0 Å². The molecule has 2 rings (SSSR count). The Kier molecular flexibility index (Phi) is 2.64. The lowest BCUT2D eigenvalue weighted by Gasteiger charge is -2.34. The maximum atomic E-state index is 10.0. The van der Waals surface area contributed by atoms with Gasteiger partial charge in [-0.3, -0.25) is 0 Å². The van der Waals surface area contributed by atoms with E-state index in [1.807, 2.05) is 0 Å². The van der Waals surface area contributed by atoms with Crippen molar-refractivity contribution in [2.75, 3.05) is 0 Å². The fourth-order valence-electron chi connectivity index (χ4n) is 3.11. The highest BCUT2D eigenvalue weighted by Crippen LogP contribution is 2.42. The molecule has 0 aromatic rings. The Morgan fingerprint density at radius 2 is 1.46 bits per heavy atom. The molecule has 3 atom stereocenters. The zero-order valence-electron chi connectivity index (χ0n) is 8.87. The first-order valence-corrected chi connectivity index (χ1v) is 5.85. The molecule has 0 radical (unpaired) electrons. The van der Waals surface area contributed by atoms with Crippen LogP contribution in [-0.2, 0) is 0 Å². The van der Waals surface area contributed by atoms with E-state index in [4.69, 9.17) is 0 Å². The highest BCUT2D eigenvalue weighted by Gasteiger charge is 2.37. The largest absolute Gasteiger partial charge is 0.393 e. The van der Waals surface area contributed by atoms with Crippen molar-refractivity contribution in [2.45, 2.75) is 52.1 Å². The van der Waals surface area contributed by atoms with Crippen LogP contribution in [0, 0.1) is 23.7 Å². The summed E-state index contributed by atoms with van der Waals surface area (Å²) >= 11 is 0. The molecule has 3 unspecified atom stereocenters. The smallest absolute Gasteiger partial charge is 0.0596 e. The predicted molar refractivity (Wildman–Crippen MR) is 54.4 cm³/mol. The van der Waals surface area contributed by atoms with Crippen molar-refractivity contribution in [3.05, 3.63) is 0 Å². The SMILES string of the molecule is CC1CC(C)CC(C(O)C2CC2)C1. The van der Waals surface area contributed by atoms with Crippen LogP contribution in [0.2, 0.25) is 0 Å². The van der Waals surface area contributed by atoms with Crippen molar-refractivity contribution in [1.29, 1.82) is 0 Å². The predicted octanol–water partition coefficient (Wildman–Crippen LogP) is 2.83. The van der Waals surface area contributed by atoms with Crippen LogP contribution in [0.1, 0.15) is 46.0 Å². The van der Waals surface area contributed by atoms with Crippen molar-refractivity contribution in [3.8, 4) is 0 Å². The minimum atomic E-state index is 0.0326. The average molecular weight is 182 g/mol. The number of rotatable bonds is 2. The van der Waals surface area contributed by atoms with Gasteiger partial charge in [-0.25, -0.2) is 0 Å². The molecular weight excluding hydrogens is 160 g/mol. The summed E-state index contributed by atoms with van der Waals surface area (Å²) in [6.07, 6.45) is 6.49. The summed E-state index contributed by atoms with van der Waals surface area (Å²) in [5.41, 5.74) is 0. The van der Waals surface area contributed by atoms with Gasteiger partial charge in [0.25, 0.3) is 0 Å². The monoisotopic (exact) mass is 182 g/mol. The molecule has 2 aliphatic carbocycles. The standard InChI is InChI=1S/C12H22O/c1-8-5-9(2)7-11(6-8)12(13)10-3-4-10/h8-13H,3-7H2,1-2H3. The maximum Gasteiger partial charge on any atom is 0.0596 e. The van der Waals surface area contributed by atoms with Gasteiger partial charge in [0.2, 0.25) is 0 Å². The summed E-state index contributed by atoms with van der Waals surface area (Å²) in [4.78, 5) is 0. The number of aliphatic hydroxyl groups is 1. The first-order valence-electron chi connectivity index (χ1n) is 5.85. The van der Waals surface area contributed by atoms with Crippen molar-refractivity contribution in [1.82, 2.24) is 0 Å². The average Bonchev–Trinajstić information content (AvgIpc) is 2.83. The van der Waals surface area contributed by atoms with Crippen LogP contribution in [-0.4, -0.2) is 11.2 Å². The van der Waals surface area contributed by atoms with E-state index in [1.165, 1.54) is 32.1 Å². The second kappa shape index (κ2) is 3.61. The van der Waals surface area contributed by atoms with Crippen molar-refractivity contribution in [2.24, 2.45) is 23.7 Å². The topological polar surface area (TPSA) is 20.2 Å². The lowest BCUT2D eigenvalue weighted by Crippen LogP contribution is -2.30. The first kappa shape index (κ1) is 9.51. The highest BCUT2D eigenvalue weighted by atomic mass is 16.3. The van der Waals surface area contributed by atoms with Gasteiger partial charge >= 0.3 is 0 Å². The zero-order chi connectivity index (χ0) is 9.42. The van der Waals surface area contributed by atoms with E-state index < -0.39 is 0 Å². The lowest BCUT2D eigenvalue weighted by atomic mass is 9.74. The molecule has 2 aliphatic rings.